The summed E-state index contributed by atoms with van der Waals surface area (Å²) in [6, 6.07) is 0. The minimum Gasteiger partial charge on any atom is -0.354 e. The molecule has 2 atom stereocenters. The Bertz CT molecular complexity index is 290. The molecule has 1 saturated heterocycles. The van der Waals surface area contributed by atoms with Gasteiger partial charge in [-0.3, -0.25) is 4.79 Å². The number of hydrogen-bond donors (Lipinski definition) is 2. The smallest absolute Gasteiger partial charge is 0.224 e. The van der Waals surface area contributed by atoms with Gasteiger partial charge < -0.3 is 10.6 Å². The van der Waals surface area contributed by atoms with Gasteiger partial charge in [0.15, 0.2) is 0 Å². The van der Waals surface area contributed by atoms with Gasteiger partial charge in [0.25, 0.3) is 0 Å². The predicted octanol–water partition coefficient (Wildman–Crippen LogP) is 2.02. The maximum Gasteiger partial charge on any atom is 0.224 e. The number of carbonyl (C=O) groups is 1. The summed E-state index contributed by atoms with van der Waals surface area (Å²) in [6.45, 7) is 4.84. The summed E-state index contributed by atoms with van der Waals surface area (Å²) in [7, 11) is 0. The van der Waals surface area contributed by atoms with E-state index in [1.54, 1.807) is 0 Å². The molecular formula is C14H26N2OS. The fourth-order valence-electron chi connectivity index (χ4n) is 3.19. The van der Waals surface area contributed by atoms with E-state index in [2.05, 4.69) is 23.8 Å². The SMILES string of the molecule is CSC1(CNC(=O)C2CNCC2C)CCCCC1. The number of amides is 1. The third-order valence-corrected chi connectivity index (χ3v) is 6.06. The molecule has 0 aromatic rings. The highest BCUT2D eigenvalue weighted by Gasteiger charge is 2.34. The lowest BCUT2D eigenvalue weighted by Gasteiger charge is -2.36. The highest BCUT2D eigenvalue weighted by molar-refractivity contribution is 8.00. The molecule has 4 heteroatoms. The molecule has 3 nitrogen and oxygen atoms in total. The maximum absolute atomic E-state index is 12.2. The lowest BCUT2D eigenvalue weighted by atomic mass is 9.88. The number of nitrogens with one attached hydrogen (secondary N) is 2. The molecule has 2 unspecified atom stereocenters. The van der Waals surface area contributed by atoms with Crippen molar-refractivity contribution in [2.75, 3.05) is 25.9 Å². The van der Waals surface area contributed by atoms with Gasteiger partial charge in [-0.05, 0) is 31.6 Å². The van der Waals surface area contributed by atoms with E-state index in [4.69, 9.17) is 0 Å². The van der Waals surface area contributed by atoms with Crippen LogP contribution in [0.5, 0.6) is 0 Å². The summed E-state index contributed by atoms with van der Waals surface area (Å²) < 4.78 is 0.309. The topological polar surface area (TPSA) is 41.1 Å². The molecule has 2 aliphatic rings. The van der Waals surface area contributed by atoms with Gasteiger partial charge in [0, 0.05) is 17.8 Å². The van der Waals surface area contributed by atoms with E-state index in [0.29, 0.717) is 10.7 Å². The number of hydrogen-bond acceptors (Lipinski definition) is 3. The molecule has 2 fully saturated rings. The molecule has 1 aliphatic heterocycles. The quantitative estimate of drug-likeness (QED) is 0.821. The predicted molar refractivity (Wildman–Crippen MR) is 77.9 cm³/mol. The second-order valence-electron chi connectivity index (χ2n) is 5.91. The summed E-state index contributed by atoms with van der Waals surface area (Å²) >= 11 is 1.95. The molecule has 0 bridgehead atoms. The Labute approximate surface area is 115 Å². The van der Waals surface area contributed by atoms with Crippen LogP contribution in [-0.4, -0.2) is 36.5 Å². The van der Waals surface area contributed by atoms with Gasteiger partial charge in [-0.15, -0.1) is 0 Å². The average Bonchev–Trinajstić information content (AvgIpc) is 2.83. The maximum atomic E-state index is 12.2. The van der Waals surface area contributed by atoms with Crippen LogP contribution in [0.1, 0.15) is 39.0 Å². The highest BCUT2D eigenvalue weighted by Crippen LogP contribution is 2.38. The number of thioether (sulfide) groups is 1. The Balaban J connectivity index is 1.83. The molecule has 18 heavy (non-hydrogen) atoms. The zero-order valence-electron chi connectivity index (χ0n) is 11.6. The largest absolute Gasteiger partial charge is 0.354 e. The van der Waals surface area contributed by atoms with E-state index in [1.165, 1.54) is 32.1 Å². The molecule has 0 aromatic heterocycles. The first-order valence-corrected chi connectivity index (χ1v) is 8.43. The zero-order valence-corrected chi connectivity index (χ0v) is 12.4. The van der Waals surface area contributed by atoms with Crippen LogP contribution in [0.3, 0.4) is 0 Å². The van der Waals surface area contributed by atoms with Crippen LogP contribution in [0, 0.1) is 11.8 Å². The monoisotopic (exact) mass is 270 g/mol. The molecule has 1 saturated carbocycles. The van der Waals surface area contributed by atoms with Crippen LogP contribution in [0.15, 0.2) is 0 Å². The van der Waals surface area contributed by atoms with Crippen molar-refractivity contribution in [3.05, 3.63) is 0 Å². The van der Waals surface area contributed by atoms with Gasteiger partial charge in [0.2, 0.25) is 5.91 Å². The minimum atomic E-state index is 0.174. The van der Waals surface area contributed by atoms with E-state index >= 15 is 0 Å². The van der Waals surface area contributed by atoms with Gasteiger partial charge in [-0.2, -0.15) is 11.8 Å². The summed E-state index contributed by atoms with van der Waals surface area (Å²) in [4.78, 5) is 12.2. The Kier molecular flexibility index (Phi) is 4.96. The van der Waals surface area contributed by atoms with Gasteiger partial charge in [-0.25, -0.2) is 0 Å². The van der Waals surface area contributed by atoms with Crippen molar-refractivity contribution in [1.82, 2.24) is 10.6 Å². The van der Waals surface area contributed by atoms with E-state index in [9.17, 15) is 4.79 Å². The van der Waals surface area contributed by atoms with Crippen molar-refractivity contribution < 1.29 is 4.79 Å². The van der Waals surface area contributed by atoms with Crippen molar-refractivity contribution in [2.24, 2.45) is 11.8 Å². The molecule has 1 amide bonds. The zero-order chi connectivity index (χ0) is 13.0. The number of rotatable bonds is 4. The van der Waals surface area contributed by atoms with Crippen LogP contribution in [0.4, 0.5) is 0 Å². The molecular weight excluding hydrogens is 244 g/mol. The third-order valence-electron chi connectivity index (χ3n) is 4.64. The molecule has 0 spiro atoms. The first-order valence-electron chi connectivity index (χ1n) is 7.20. The molecule has 1 aliphatic carbocycles. The molecule has 104 valence electrons. The highest BCUT2D eigenvalue weighted by atomic mass is 32.2. The Morgan fingerprint density at radius 1 is 1.33 bits per heavy atom. The van der Waals surface area contributed by atoms with E-state index in [0.717, 1.165) is 19.6 Å². The van der Waals surface area contributed by atoms with Gasteiger partial charge in [0.05, 0.1) is 5.92 Å². The molecule has 0 aromatic carbocycles. The van der Waals surface area contributed by atoms with Crippen molar-refractivity contribution in [3.8, 4) is 0 Å². The van der Waals surface area contributed by atoms with Crippen LogP contribution >= 0.6 is 11.8 Å². The van der Waals surface area contributed by atoms with Gasteiger partial charge >= 0.3 is 0 Å². The Hall–Kier alpha value is -0.220. The van der Waals surface area contributed by atoms with Crippen LogP contribution in [-0.2, 0) is 4.79 Å². The Morgan fingerprint density at radius 3 is 2.61 bits per heavy atom. The summed E-state index contributed by atoms with van der Waals surface area (Å²) in [5, 5.41) is 6.52. The van der Waals surface area contributed by atoms with E-state index in [-0.39, 0.29) is 11.8 Å². The first-order chi connectivity index (χ1) is 8.67. The van der Waals surface area contributed by atoms with E-state index < -0.39 is 0 Å². The Morgan fingerprint density at radius 2 is 2.06 bits per heavy atom. The van der Waals surface area contributed by atoms with E-state index in [1.807, 2.05) is 11.8 Å². The summed E-state index contributed by atoms with van der Waals surface area (Å²) in [5.41, 5.74) is 0. The van der Waals surface area contributed by atoms with Gasteiger partial charge in [0.1, 0.15) is 0 Å². The lowest BCUT2D eigenvalue weighted by molar-refractivity contribution is -0.125. The molecule has 2 rings (SSSR count). The molecule has 2 N–H and O–H groups in total. The van der Waals surface area contributed by atoms with Crippen molar-refractivity contribution in [1.29, 1.82) is 0 Å². The number of carbonyl (C=O) groups excluding carboxylic acids is 1. The van der Waals surface area contributed by atoms with Crippen molar-refractivity contribution in [2.45, 2.75) is 43.8 Å². The lowest BCUT2D eigenvalue weighted by Crippen LogP contribution is -2.44. The van der Waals surface area contributed by atoms with Crippen LogP contribution in [0.2, 0.25) is 0 Å². The van der Waals surface area contributed by atoms with Gasteiger partial charge in [-0.1, -0.05) is 26.2 Å². The fraction of sp³-hybridized carbons (Fsp3) is 0.929. The summed E-state index contributed by atoms with van der Waals surface area (Å²) in [5.74, 6) is 0.903. The van der Waals surface area contributed by atoms with Crippen molar-refractivity contribution >= 4 is 17.7 Å². The standard InChI is InChI=1S/C14H26N2OS/c1-11-8-15-9-12(11)13(17)16-10-14(18-2)6-4-3-5-7-14/h11-12,15H,3-10H2,1-2H3,(H,16,17). The second kappa shape index (κ2) is 6.29. The summed E-state index contributed by atoms with van der Waals surface area (Å²) in [6.07, 6.45) is 8.70. The van der Waals surface area contributed by atoms with Crippen LogP contribution in [0.25, 0.3) is 0 Å². The minimum absolute atomic E-state index is 0.174. The molecule has 1 heterocycles. The molecule has 0 radical (unpaired) electrons. The normalized spacial score (nSPS) is 31.2. The first kappa shape index (κ1) is 14.2. The second-order valence-corrected chi connectivity index (χ2v) is 7.18. The third kappa shape index (κ3) is 3.21. The average molecular weight is 270 g/mol. The fourth-order valence-corrected chi connectivity index (χ4v) is 4.10. The van der Waals surface area contributed by atoms with Crippen molar-refractivity contribution in [3.63, 3.8) is 0 Å². The van der Waals surface area contributed by atoms with Crippen LogP contribution < -0.4 is 10.6 Å².